The first kappa shape index (κ1) is 15.3. The first-order valence-corrected chi connectivity index (χ1v) is 6.59. The van der Waals surface area contributed by atoms with Crippen molar-refractivity contribution in [1.82, 2.24) is 4.98 Å². The molecule has 8 heteroatoms. The van der Waals surface area contributed by atoms with Crippen LogP contribution in [0.3, 0.4) is 0 Å². The van der Waals surface area contributed by atoms with Gasteiger partial charge < -0.3 is 15.8 Å². The summed E-state index contributed by atoms with van der Waals surface area (Å²) in [6.07, 6.45) is 0. The highest BCUT2D eigenvalue weighted by Crippen LogP contribution is 2.34. The van der Waals surface area contributed by atoms with E-state index in [2.05, 4.69) is 20.9 Å². The molecule has 0 saturated carbocycles. The zero-order valence-corrected chi connectivity index (χ0v) is 12.4. The summed E-state index contributed by atoms with van der Waals surface area (Å²) < 4.78 is 0.254. The summed E-state index contributed by atoms with van der Waals surface area (Å²) in [6.45, 7) is 0. The Balaban J connectivity index is 3.06. The van der Waals surface area contributed by atoms with Crippen LogP contribution in [-0.4, -0.2) is 16.1 Å². The Bertz CT molecular complexity index is 935. The maximum Gasteiger partial charge on any atom is 0.337 e. The minimum Gasteiger partial charge on any atom is -0.478 e. The number of carboxylic acids is 1. The zero-order valence-electron chi connectivity index (χ0n) is 10.8. The van der Waals surface area contributed by atoms with E-state index < -0.39 is 11.5 Å². The molecule has 0 aliphatic carbocycles. The van der Waals surface area contributed by atoms with E-state index >= 15 is 0 Å². The van der Waals surface area contributed by atoms with E-state index in [1.165, 1.54) is 18.2 Å². The predicted octanol–water partition coefficient (Wildman–Crippen LogP) is 1.83. The van der Waals surface area contributed by atoms with Crippen molar-refractivity contribution in [3.8, 4) is 23.3 Å². The van der Waals surface area contributed by atoms with E-state index in [4.69, 9.17) is 5.73 Å². The second kappa shape index (κ2) is 5.72. The topological polar surface area (TPSA) is 144 Å². The maximum atomic E-state index is 11.9. The van der Waals surface area contributed by atoms with Crippen molar-refractivity contribution in [3.05, 3.63) is 49.7 Å². The molecule has 0 amide bonds. The van der Waals surface area contributed by atoms with Gasteiger partial charge in [0.05, 0.1) is 5.56 Å². The number of halogens is 1. The fraction of sp³-hybridized carbons (Fsp3) is 0. The molecule has 0 aliphatic heterocycles. The lowest BCUT2D eigenvalue weighted by molar-refractivity contribution is 0.0696. The SMILES string of the molecule is N#Cc1c(N)[nH]c(=O)c(C#N)c1-c1cccc(Br)c1C(=O)O. The molecule has 2 aromatic rings. The molecule has 0 radical (unpaired) electrons. The number of carboxylic acid groups (broad SMARTS) is 1. The van der Waals surface area contributed by atoms with Crippen LogP contribution < -0.4 is 11.3 Å². The summed E-state index contributed by atoms with van der Waals surface area (Å²) in [5.41, 5.74) is 4.10. The number of aromatic carboxylic acids is 1. The smallest absolute Gasteiger partial charge is 0.337 e. The van der Waals surface area contributed by atoms with Crippen molar-refractivity contribution < 1.29 is 9.90 Å². The molecule has 0 atom stereocenters. The fourth-order valence-corrected chi connectivity index (χ4v) is 2.60. The number of nitrogens with one attached hydrogen (secondary N) is 1. The molecular formula is C14H7BrN4O3. The number of aromatic amines is 1. The highest BCUT2D eigenvalue weighted by molar-refractivity contribution is 9.10. The summed E-state index contributed by atoms with van der Waals surface area (Å²) in [5, 5.41) is 27.8. The largest absolute Gasteiger partial charge is 0.478 e. The minimum atomic E-state index is -1.27. The lowest BCUT2D eigenvalue weighted by atomic mass is 9.93. The number of hydrogen-bond donors (Lipinski definition) is 3. The Hall–Kier alpha value is -3.10. The van der Waals surface area contributed by atoms with Crippen molar-refractivity contribution in [1.29, 1.82) is 10.5 Å². The normalized spacial score (nSPS) is 9.77. The number of aromatic nitrogens is 1. The molecule has 0 fully saturated rings. The summed E-state index contributed by atoms with van der Waals surface area (Å²) in [5.74, 6) is -1.49. The van der Waals surface area contributed by atoms with E-state index in [0.29, 0.717) is 0 Å². The number of nitriles is 2. The number of anilines is 1. The minimum absolute atomic E-state index is 0.0628. The van der Waals surface area contributed by atoms with Crippen LogP contribution in [0.5, 0.6) is 0 Å². The molecule has 1 aromatic heterocycles. The fourth-order valence-electron chi connectivity index (χ4n) is 2.06. The number of nitrogen functional groups attached to an aromatic ring is 1. The van der Waals surface area contributed by atoms with Gasteiger partial charge in [-0.3, -0.25) is 4.79 Å². The molecule has 0 unspecified atom stereocenters. The molecule has 0 saturated heterocycles. The van der Waals surface area contributed by atoms with E-state index in [9.17, 15) is 25.2 Å². The second-order valence-corrected chi connectivity index (χ2v) is 5.04. The van der Waals surface area contributed by atoms with Gasteiger partial charge in [0.2, 0.25) is 0 Å². The van der Waals surface area contributed by atoms with Gasteiger partial charge in [0.15, 0.2) is 0 Å². The Morgan fingerprint density at radius 2 is 1.91 bits per heavy atom. The number of nitrogens with two attached hydrogens (primary N) is 1. The number of hydrogen-bond acceptors (Lipinski definition) is 5. The van der Waals surface area contributed by atoms with Gasteiger partial charge >= 0.3 is 5.97 Å². The van der Waals surface area contributed by atoms with Crippen molar-refractivity contribution >= 4 is 27.7 Å². The van der Waals surface area contributed by atoms with Gasteiger partial charge in [0.1, 0.15) is 29.1 Å². The van der Waals surface area contributed by atoms with Crippen LogP contribution >= 0.6 is 15.9 Å². The first-order valence-electron chi connectivity index (χ1n) is 5.80. The van der Waals surface area contributed by atoms with Crippen LogP contribution in [0.4, 0.5) is 5.82 Å². The van der Waals surface area contributed by atoms with Gasteiger partial charge in [-0.15, -0.1) is 0 Å². The molecule has 1 aromatic carbocycles. The van der Waals surface area contributed by atoms with Gasteiger partial charge in [-0.2, -0.15) is 10.5 Å². The number of nitrogens with zero attached hydrogens (tertiary/aromatic N) is 2. The van der Waals surface area contributed by atoms with Crippen molar-refractivity contribution in [3.63, 3.8) is 0 Å². The molecule has 4 N–H and O–H groups in total. The molecule has 7 nitrogen and oxygen atoms in total. The van der Waals surface area contributed by atoms with Crippen LogP contribution in [0.15, 0.2) is 27.5 Å². The third-order valence-electron chi connectivity index (χ3n) is 2.97. The number of rotatable bonds is 2. The summed E-state index contributed by atoms with van der Waals surface area (Å²) in [7, 11) is 0. The molecule has 2 rings (SSSR count). The quantitative estimate of drug-likeness (QED) is 0.746. The lowest BCUT2D eigenvalue weighted by Gasteiger charge is -2.12. The molecule has 1 heterocycles. The first-order chi connectivity index (χ1) is 10.4. The van der Waals surface area contributed by atoms with Crippen molar-refractivity contribution in [2.45, 2.75) is 0 Å². The Morgan fingerprint density at radius 1 is 1.27 bits per heavy atom. The van der Waals surface area contributed by atoms with Gasteiger partial charge in [0.25, 0.3) is 5.56 Å². The van der Waals surface area contributed by atoms with Gasteiger partial charge in [-0.1, -0.05) is 12.1 Å². The lowest BCUT2D eigenvalue weighted by Crippen LogP contribution is -2.17. The van der Waals surface area contributed by atoms with Gasteiger partial charge in [0, 0.05) is 15.6 Å². The van der Waals surface area contributed by atoms with E-state index in [1.807, 2.05) is 0 Å². The number of H-pyrrole nitrogens is 1. The van der Waals surface area contributed by atoms with E-state index in [-0.39, 0.29) is 38.1 Å². The average molecular weight is 359 g/mol. The molecule has 108 valence electrons. The molecule has 22 heavy (non-hydrogen) atoms. The van der Waals surface area contributed by atoms with Crippen molar-refractivity contribution in [2.75, 3.05) is 5.73 Å². The third kappa shape index (κ3) is 2.32. The number of carbonyl (C=O) groups is 1. The Kier molecular flexibility index (Phi) is 3.97. The van der Waals surface area contributed by atoms with Crippen molar-refractivity contribution in [2.24, 2.45) is 0 Å². The van der Waals surface area contributed by atoms with E-state index in [1.54, 1.807) is 12.1 Å². The summed E-state index contributed by atoms with van der Waals surface area (Å²) in [6, 6.07) is 7.93. The van der Waals surface area contributed by atoms with Crippen LogP contribution in [0.1, 0.15) is 21.5 Å². The van der Waals surface area contributed by atoms with Gasteiger partial charge in [-0.05, 0) is 22.0 Å². The standard InChI is InChI=1S/C14H7BrN4O3/c15-9-3-1-2-6(11(9)14(21)22)10-7(4-16)12(18)19-13(20)8(10)5-17/h1-3H,(H,21,22)(H3,18,19,20). The zero-order chi connectivity index (χ0) is 16.4. The Labute approximate surface area is 132 Å². The highest BCUT2D eigenvalue weighted by atomic mass is 79.9. The van der Waals surface area contributed by atoms with Gasteiger partial charge in [-0.25, -0.2) is 4.79 Å². The number of pyridine rings is 1. The van der Waals surface area contributed by atoms with Crippen LogP contribution in [-0.2, 0) is 0 Å². The summed E-state index contributed by atoms with van der Waals surface area (Å²) >= 11 is 3.11. The van der Waals surface area contributed by atoms with Crippen LogP contribution in [0, 0.1) is 22.7 Å². The Morgan fingerprint density at radius 3 is 2.45 bits per heavy atom. The maximum absolute atomic E-state index is 11.9. The van der Waals surface area contributed by atoms with E-state index in [0.717, 1.165) is 0 Å². The summed E-state index contributed by atoms with van der Waals surface area (Å²) in [4.78, 5) is 25.5. The predicted molar refractivity (Wildman–Crippen MR) is 81.0 cm³/mol. The van der Waals surface area contributed by atoms with Crippen LogP contribution in [0.2, 0.25) is 0 Å². The molecular weight excluding hydrogens is 352 g/mol. The third-order valence-corrected chi connectivity index (χ3v) is 3.63. The number of benzene rings is 1. The molecule has 0 bridgehead atoms. The average Bonchev–Trinajstić information content (AvgIpc) is 2.45. The molecule has 0 spiro atoms. The monoisotopic (exact) mass is 358 g/mol. The van der Waals surface area contributed by atoms with Crippen LogP contribution in [0.25, 0.3) is 11.1 Å². The highest BCUT2D eigenvalue weighted by Gasteiger charge is 2.23. The molecule has 0 aliphatic rings. The second-order valence-electron chi connectivity index (χ2n) is 4.18.